The van der Waals surface area contributed by atoms with E-state index in [2.05, 4.69) is 5.32 Å². The molecule has 0 spiro atoms. The molecule has 0 atom stereocenters. The van der Waals surface area contributed by atoms with Crippen molar-refractivity contribution in [1.29, 1.82) is 0 Å². The second kappa shape index (κ2) is 5.14. The van der Waals surface area contributed by atoms with Crippen LogP contribution < -0.4 is 5.32 Å². The topological polar surface area (TPSA) is 49.3 Å². The Kier molecular flexibility index (Phi) is 3.56. The zero-order chi connectivity index (χ0) is 14.0. The van der Waals surface area contributed by atoms with Gasteiger partial charge in [0.15, 0.2) is 0 Å². The van der Waals surface area contributed by atoms with Crippen molar-refractivity contribution in [2.24, 2.45) is 0 Å². The highest BCUT2D eigenvalue weighted by molar-refractivity contribution is 6.05. The predicted molar refractivity (Wildman–Crippen MR) is 76.7 cm³/mol. The molecule has 0 saturated heterocycles. The van der Waals surface area contributed by atoms with Crippen LogP contribution in [0.15, 0.2) is 36.4 Å². The number of aryl methyl sites for hydroxylation is 3. The van der Waals surface area contributed by atoms with Crippen molar-refractivity contribution in [3.63, 3.8) is 0 Å². The van der Waals surface area contributed by atoms with Gasteiger partial charge >= 0.3 is 0 Å². The minimum absolute atomic E-state index is 0.0812. The molecule has 2 rings (SSSR count). The summed E-state index contributed by atoms with van der Waals surface area (Å²) in [6.07, 6.45) is 0. The summed E-state index contributed by atoms with van der Waals surface area (Å²) in [6.45, 7) is 5.79. The molecule has 0 bridgehead atoms. The van der Waals surface area contributed by atoms with Gasteiger partial charge in [0.25, 0.3) is 5.91 Å². The molecule has 0 saturated carbocycles. The fraction of sp³-hybridized carbons (Fsp3) is 0.188. The van der Waals surface area contributed by atoms with E-state index in [1.807, 2.05) is 45.0 Å². The molecule has 0 aliphatic rings. The Labute approximate surface area is 112 Å². The van der Waals surface area contributed by atoms with Gasteiger partial charge in [0.2, 0.25) is 0 Å². The summed E-state index contributed by atoms with van der Waals surface area (Å²) >= 11 is 0. The third-order valence-electron chi connectivity index (χ3n) is 2.89. The van der Waals surface area contributed by atoms with Crippen LogP contribution in [0.5, 0.6) is 5.75 Å². The molecule has 1 amide bonds. The average Bonchev–Trinajstić information content (AvgIpc) is 2.31. The van der Waals surface area contributed by atoms with Gasteiger partial charge in [0, 0.05) is 5.56 Å². The molecular weight excluding hydrogens is 238 g/mol. The van der Waals surface area contributed by atoms with Crippen LogP contribution >= 0.6 is 0 Å². The Bertz CT molecular complexity index is 612. The Morgan fingerprint density at radius 2 is 1.58 bits per heavy atom. The van der Waals surface area contributed by atoms with E-state index in [1.165, 1.54) is 0 Å². The molecular formula is C16H17NO2. The van der Waals surface area contributed by atoms with Crippen LogP contribution in [0.2, 0.25) is 0 Å². The van der Waals surface area contributed by atoms with Crippen LogP contribution in [0.1, 0.15) is 27.0 Å². The van der Waals surface area contributed by atoms with E-state index >= 15 is 0 Å². The largest absolute Gasteiger partial charge is 0.506 e. The van der Waals surface area contributed by atoms with Crippen molar-refractivity contribution in [3.05, 3.63) is 58.7 Å². The Balaban J connectivity index is 2.25. The molecule has 19 heavy (non-hydrogen) atoms. The fourth-order valence-electron chi connectivity index (χ4n) is 2.05. The van der Waals surface area contributed by atoms with Gasteiger partial charge in [-0.1, -0.05) is 23.3 Å². The number of phenols is 1. The van der Waals surface area contributed by atoms with Crippen molar-refractivity contribution >= 4 is 11.6 Å². The zero-order valence-electron chi connectivity index (χ0n) is 11.3. The van der Waals surface area contributed by atoms with E-state index in [9.17, 15) is 9.90 Å². The summed E-state index contributed by atoms with van der Waals surface area (Å²) in [4.78, 5) is 12.1. The number of amides is 1. The van der Waals surface area contributed by atoms with Crippen molar-refractivity contribution in [2.75, 3.05) is 5.32 Å². The van der Waals surface area contributed by atoms with E-state index in [-0.39, 0.29) is 11.7 Å². The van der Waals surface area contributed by atoms with Gasteiger partial charge in [0.05, 0.1) is 5.69 Å². The number of carbonyl (C=O) groups is 1. The molecule has 0 fully saturated rings. The van der Waals surface area contributed by atoms with Crippen LogP contribution in [-0.2, 0) is 0 Å². The van der Waals surface area contributed by atoms with Crippen molar-refractivity contribution in [2.45, 2.75) is 20.8 Å². The Morgan fingerprint density at radius 3 is 2.16 bits per heavy atom. The standard InChI is InChI=1S/C16H17NO2/c1-10-4-5-14(15(18)9-10)17-16(19)13-7-11(2)6-12(3)8-13/h4-9,18H,1-3H3,(H,17,19). The highest BCUT2D eigenvalue weighted by Gasteiger charge is 2.09. The summed E-state index contributed by atoms with van der Waals surface area (Å²) in [5.74, 6) is -0.135. The minimum atomic E-state index is -0.217. The summed E-state index contributed by atoms with van der Waals surface area (Å²) in [5, 5.41) is 12.5. The van der Waals surface area contributed by atoms with E-state index < -0.39 is 0 Å². The SMILES string of the molecule is Cc1cc(C)cc(C(=O)Nc2ccc(C)cc2O)c1. The molecule has 0 heterocycles. The quantitative estimate of drug-likeness (QED) is 0.806. The number of anilines is 1. The average molecular weight is 255 g/mol. The van der Waals surface area contributed by atoms with Crippen molar-refractivity contribution < 1.29 is 9.90 Å². The first kappa shape index (κ1) is 13.1. The minimum Gasteiger partial charge on any atom is -0.506 e. The van der Waals surface area contributed by atoms with Crippen molar-refractivity contribution in [1.82, 2.24) is 0 Å². The number of hydrogen-bond donors (Lipinski definition) is 2. The zero-order valence-corrected chi connectivity index (χ0v) is 11.3. The van der Waals surface area contributed by atoms with Crippen molar-refractivity contribution in [3.8, 4) is 5.75 Å². The third-order valence-corrected chi connectivity index (χ3v) is 2.89. The fourth-order valence-corrected chi connectivity index (χ4v) is 2.05. The second-order valence-corrected chi connectivity index (χ2v) is 4.85. The van der Waals surface area contributed by atoms with Crippen LogP contribution in [0.25, 0.3) is 0 Å². The molecule has 0 unspecified atom stereocenters. The molecule has 2 aromatic rings. The van der Waals surface area contributed by atoms with E-state index in [0.717, 1.165) is 16.7 Å². The molecule has 0 aliphatic carbocycles. The number of aromatic hydroxyl groups is 1. The number of rotatable bonds is 2. The van der Waals surface area contributed by atoms with Crippen LogP contribution in [-0.4, -0.2) is 11.0 Å². The lowest BCUT2D eigenvalue weighted by molar-refractivity contribution is 0.102. The summed E-state index contributed by atoms with van der Waals surface area (Å²) in [5.41, 5.74) is 4.05. The first-order valence-corrected chi connectivity index (χ1v) is 6.15. The number of carbonyl (C=O) groups excluding carboxylic acids is 1. The molecule has 3 heteroatoms. The summed E-state index contributed by atoms with van der Waals surface area (Å²) < 4.78 is 0. The van der Waals surface area contributed by atoms with Gasteiger partial charge in [0.1, 0.15) is 5.75 Å². The van der Waals surface area contributed by atoms with Gasteiger partial charge in [-0.3, -0.25) is 4.79 Å². The summed E-state index contributed by atoms with van der Waals surface area (Å²) in [7, 11) is 0. The summed E-state index contributed by atoms with van der Waals surface area (Å²) in [6, 6.07) is 10.8. The van der Waals surface area contributed by atoms with Crippen LogP contribution in [0.4, 0.5) is 5.69 Å². The number of phenolic OH excluding ortho intramolecular Hbond substituents is 1. The maximum Gasteiger partial charge on any atom is 0.255 e. The van der Waals surface area contributed by atoms with Gasteiger partial charge in [-0.05, 0) is 50.6 Å². The lowest BCUT2D eigenvalue weighted by Crippen LogP contribution is -2.12. The van der Waals surface area contributed by atoms with E-state index in [0.29, 0.717) is 11.3 Å². The van der Waals surface area contributed by atoms with Gasteiger partial charge in [-0.2, -0.15) is 0 Å². The molecule has 3 nitrogen and oxygen atoms in total. The van der Waals surface area contributed by atoms with E-state index in [4.69, 9.17) is 0 Å². The maximum absolute atomic E-state index is 12.1. The van der Waals surface area contributed by atoms with Gasteiger partial charge in [-0.15, -0.1) is 0 Å². The smallest absolute Gasteiger partial charge is 0.255 e. The third kappa shape index (κ3) is 3.13. The van der Waals surface area contributed by atoms with Gasteiger partial charge < -0.3 is 10.4 Å². The first-order valence-electron chi connectivity index (χ1n) is 6.15. The van der Waals surface area contributed by atoms with Crippen LogP contribution in [0.3, 0.4) is 0 Å². The van der Waals surface area contributed by atoms with E-state index in [1.54, 1.807) is 12.1 Å². The predicted octanol–water partition coefficient (Wildman–Crippen LogP) is 3.57. The molecule has 2 N–H and O–H groups in total. The highest BCUT2D eigenvalue weighted by atomic mass is 16.3. The van der Waals surface area contributed by atoms with Gasteiger partial charge in [-0.25, -0.2) is 0 Å². The molecule has 98 valence electrons. The maximum atomic E-state index is 12.1. The molecule has 0 radical (unpaired) electrons. The Morgan fingerprint density at radius 1 is 0.947 bits per heavy atom. The second-order valence-electron chi connectivity index (χ2n) is 4.85. The molecule has 0 aromatic heterocycles. The first-order chi connectivity index (χ1) is 8.95. The highest BCUT2D eigenvalue weighted by Crippen LogP contribution is 2.24. The lowest BCUT2D eigenvalue weighted by atomic mass is 10.1. The normalized spacial score (nSPS) is 10.3. The lowest BCUT2D eigenvalue weighted by Gasteiger charge is -2.09. The number of hydrogen-bond acceptors (Lipinski definition) is 2. The number of nitrogens with one attached hydrogen (secondary N) is 1. The Hall–Kier alpha value is -2.29. The molecule has 0 aliphatic heterocycles. The van der Waals surface area contributed by atoms with Crippen LogP contribution in [0, 0.1) is 20.8 Å². The molecule has 2 aromatic carbocycles. The number of benzene rings is 2. The monoisotopic (exact) mass is 255 g/mol.